The van der Waals surface area contributed by atoms with Crippen molar-refractivity contribution in [2.75, 3.05) is 6.61 Å². The molecule has 0 atom stereocenters. The molecule has 0 fully saturated rings. The third-order valence-electron chi connectivity index (χ3n) is 3.69. The van der Waals surface area contributed by atoms with E-state index in [4.69, 9.17) is 4.74 Å². The number of esters is 1. The van der Waals surface area contributed by atoms with Crippen LogP contribution in [0.3, 0.4) is 0 Å². The first-order chi connectivity index (χ1) is 9.66. The molecule has 2 nitrogen and oxygen atoms in total. The van der Waals surface area contributed by atoms with Crippen molar-refractivity contribution in [3.8, 4) is 0 Å². The Morgan fingerprint density at radius 1 is 0.850 bits per heavy atom. The first-order valence-electron chi connectivity index (χ1n) is 8.82. The van der Waals surface area contributed by atoms with Crippen LogP contribution >= 0.6 is 0 Å². The quantitative estimate of drug-likeness (QED) is 0.294. The van der Waals surface area contributed by atoms with Crippen molar-refractivity contribution in [1.82, 2.24) is 0 Å². The Kier molecular flexibility index (Phi) is 14.5. The highest BCUT2D eigenvalue weighted by Crippen LogP contribution is 2.10. The van der Waals surface area contributed by atoms with Gasteiger partial charge in [0, 0.05) is 6.42 Å². The van der Waals surface area contributed by atoms with Gasteiger partial charge in [-0.1, -0.05) is 78.6 Å². The molecule has 0 spiro atoms. The van der Waals surface area contributed by atoms with E-state index < -0.39 is 0 Å². The van der Waals surface area contributed by atoms with Crippen LogP contribution in [-0.2, 0) is 9.53 Å². The van der Waals surface area contributed by atoms with Gasteiger partial charge in [-0.15, -0.1) is 0 Å². The second kappa shape index (κ2) is 14.9. The topological polar surface area (TPSA) is 26.3 Å². The summed E-state index contributed by atoms with van der Waals surface area (Å²) in [7, 11) is 0. The Labute approximate surface area is 126 Å². The van der Waals surface area contributed by atoms with Gasteiger partial charge < -0.3 is 4.74 Å². The van der Waals surface area contributed by atoms with Crippen LogP contribution in [0.1, 0.15) is 97.8 Å². The molecule has 0 aliphatic heterocycles. The van der Waals surface area contributed by atoms with Gasteiger partial charge >= 0.3 is 5.97 Å². The molecule has 0 N–H and O–H groups in total. The van der Waals surface area contributed by atoms with Crippen molar-refractivity contribution in [1.29, 1.82) is 0 Å². The molecule has 0 saturated carbocycles. The van der Waals surface area contributed by atoms with Crippen LogP contribution in [0, 0.1) is 5.92 Å². The van der Waals surface area contributed by atoms with Crippen LogP contribution in [0.5, 0.6) is 0 Å². The molecule has 2 heteroatoms. The van der Waals surface area contributed by atoms with Gasteiger partial charge in [0.2, 0.25) is 0 Å². The van der Waals surface area contributed by atoms with Gasteiger partial charge in [-0.3, -0.25) is 4.79 Å². The highest BCUT2D eigenvalue weighted by molar-refractivity contribution is 5.69. The second-order valence-electron chi connectivity index (χ2n) is 6.33. The van der Waals surface area contributed by atoms with E-state index in [0.717, 1.165) is 12.8 Å². The third kappa shape index (κ3) is 15.5. The van der Waals surface area contributed by atoms with E-state index in [2.05, 4.69) is 20.8 Å². The molecule has 0 aliphatic carbocycles. The Bertz CT molecular complexity index is 211. The van der Waals surface area contributed by atoms with Crippen molar-refractivity contribution in [3.63, 3.8) is 0 Å². The minimum Gasteiger partial charge on any atom is -0.466 e. The van der Waals surface area contributed by atoms with Gasteiger partial charge in [0.25, 0.3) is 0 Å². The van der Waals surface area contributed by atoms with Crippen molar-refractivity contribution < 1.29 is 9.53 Å². The molecule has 0 aliphatic rings. The molecule has 0 radical (unpaired) electrons. The fraction of sp³-hybridized carbons (Fsp3) is 0.944. The van der Waals surface area contributed by atoms with Crippen LogP contribution < -0.4 is 0 Å². The summed E-state index contributed by atoms with van der Waals surface area (Å²) in [4.78, 5) is 11.4. The average molecular weight is 284 g/mol. The summed E-state index contributed by atoms with van der Waals surface area (Å²) in [6, 6.07) is 0. The van der Waals surface area contributed by atoms with Crippen molar-refractivity contribution in [3.05, 3.63) is 0 Å². The molecule has 20 heavy (non-hydrogen) atoms. The monoisotopic (exact) mass is 284 g/mol. The maximum absolute atomic E-state index is 11.4. The van der Waals surface area contributed by atoms with E-state index in [-0.39, 0.29) is 5.97 Å². The number of carbonyl (C=O) groups excluding carboxylic acids is 1. The van der Waals surface area contributed by atoms with Crippen LogP contribution in [0.4, 0.5) is 0 Å². The van der Waals surface area contributed by atoms with Crippen LogP contribution in [0.15, 0.2) is 0 Å². The van der Waals surface area contributed by atoms with E-state index >= 15 is 0 Å². The zero-order chi connectivity index (χ0) is 15.1. The minimum absolute atomic E-state index is 0.0189. The van der Waals surface area contributed by atoms with Crippen molar-refractivity contribution >= 4 is 5.97 Å². The van der Waals surface area contributed by atoms with Gasteiger partial charge in [0.05, 0.1) is 6.61 Å². The van der Waals surface area contributed by atoms with Crippen LogP contribution in [-0.4, -0.2) is 12.6 Å². The Hall–Kier alpha value is -0.530. The number of hydrogen-bond donors (Lipinski definition) is 0. The Morgan fingerprint density at radius 3 is 1.85 bits per heavy atom. The first kappa shape index (κ1) is 19.5. The molecular weight excluding hydrogens is 248 g/mol. The van der Waals surface area contributed by atoms with E-state index in [9.17, 15) is 4.79 Å². The maximum atomic E-state index is 11.4. The molecule has 0 rings (SSSR count). The largest absolute Gasteiger partial charge is 0.466 e. The zero-order valence-corrected chi connectivity index (χ0v) is 14.1. The molecule has 0 heterocycles. The fourth-order valence-electron chi connectivity index (χ4n) is 2.25. The fourth-order valence-corrected chi connectivity index (χ4v) is 2.25. The van der Waals surface area contributed by atoms with E-state index in [1.807, 2.05) is 0 Å². The molecule has 120 valence electrons. The predicted molar refractivity (Wildman–Crippen MR) is 86.9 cm³/mol. The number of unbranched alkanes of at least 4 members (excludes halogenated alkanes) is 9. The number of carbonyl (C=O) groups is 1. The number of hydrogen-bond acceptors (Lipinski definition) is 2. The molecule has 0 saturated heterocycles. The van der Waals surface area contributed by atoms with Gasteiger partial charge in [-0.2, -0.15) is 0 Å². The third-order valence-corrected chi connectivity index (χ3v) is 3.69. The van der Waals surface area contributed by atoms with Gasteiger partial charge in [-0.05, 0) is 18.8 Å². The minimum atomic E-state index is -0.0189. The Balaban J connectivity index is 3.11. The van der Waals surface area contributed by atoms with Gasteiger partial charge in [0.1, 0.15) is 0 Å². The van der Waals surface area contributed by atoms with Crippen molar-refractivity contribution in [2.45, 2.75) is 97.8 Å². The normalized spacial score (nSPS) is 11.0. The molecule has 0 amide bonds. The SMILES string of the molecule is CCCCCCCCCCCCOC(=O)CCC(C)C. The molecule has 0 aromatic carbocycles. The lowest BCUT2D eigenvalue weighted by atomic mass is 10.1. The van der Waals surface area contributed by atoms with Crippen LogP contribution in [0.2, 0.25) is 0 Å². The second-order valence-corrected chi connectivity index (χ2v) is 6.33. The lowest BCUT2D eigenvalue weighted by Gasteiger charge is -2.06. The first-order valence-corrected chi connectivity index (χ1v) is 8.82. The van der Waals surface area contributed by atoms with Crippen LogP contribution in [0.25, 0.3) is 0 Å². The molecule has 0 aromatic heterocycles. The molecular formula is C18H36O2. The van der Waals surface area contributed by atoms with E-state index in [0.29, 0.717) is 18.9 Å². The lowest BCUT2D eigenvalue weighted by Crippen LogP contribution is -2.06. The highest BCUT2D eigenvalue weighted by Gasteiger charge is 2.04. The summed E-state index contributed by atoms with van der Waals surface area (Å²) in [5, 5.41) is 0. The Morgan fingerprint density at radius 2 is 1.35 bits per heavy atom. The standard InChI is InChI=1S/C18H36O2/c1-4-5-6-7-8-9-10-11-12-13-16-20-18(19)15-14-17(2)3/h17H,4-16H2,1-3H3. The number of ether oxygens (including phenoxy) is 1. The summed E-state index contributed by atoms with van der Waals surface area (Å²) < 4.78 is 5.23. The van der Waals surface area contributed by atoms with Gasteiger partial charge in [0.15, 0.2) is 0 Å². The average Bonchev–Trinajstić information content (AvgIpc) is 2.42. The highest BCUT2D eigenvalue weighted by atomic mass is 16.5. The maximum Gasteiger partial charge on any atom is 0.305 e. The summed E-state index contributed by atoms with van der Waals surface area (Å²) in [5.41, 5.74) is 0. The van der Waals surface area contributed by atoms with Gasteiger partial charge in [-0.25, -0.2) is 0 Å². The van der Waals surface area contributed by atoms with E-state index in [1.54, 1.807) is 0 Å². The summed E-state index contributed by atoms with van der Waals surface area (Å²) in [6.07, 6.45) is 14.7. The summed E-state index contributed by atoms with van der Waals surface area (Å²) in [5.74, 6) is 0.564. The summed E-state index contributed by atoms with van der Waals surface area (Å²) >= 11 is 0. The molecule has 0 aromatic rings. The van der Waals surface area contributed by atoms with E-state index in [1.165, 1.54) is 57.8 Å². The molecule has 0 unspecified atom stereocenters. The van der Waals surface area contributed by atoms with Crippen molar-refractivity contribution in [2.24, 2.45) is 5.92 Å². The smallest absolute Gasteiger partial charge is 0.305 e. The number of rotatable bonds is 14. The zero-order valence-electron chi connectivity index (χ0n) is 14.1. The molecule has 0 bridgehead atoms. The summed E-state index contributed by atoms with van der Waals surface area (Å²) in [6.45, 7) is 7.15. The lowest BCUT2D eigenvalue weighted by molar-refractivity contribution is -0.144. The predicted octanol–water partition coefficient (Wildman–Crippen LogP) is 5.89.